The summed E-state index contributed by atoms with van der Waals surface area (Å²) in [7, 11) is 0. The number of hydrogen-bond donors (Lipinski definition) is 1. The molecule has 0 bridgehead atoms. The van der Waals surface area contributed by atoms with Gasteiger partial charge in [0.2, 0.25) is 0 Å². The molecule has 2 rings (SSSR count). The molecule has 1 aliphatic carbocycles. The summed E-state index contributed by atoms with van der Waals surface area (Å²) in [6.07, 6.45) is 7.21. The van der Waals surface area contributed by atoms with Crippen LogP contribution in [-0.2, 0) is 0 Å². The second-order valence-corrected chi connectivity index (χ2v) is 6.11. The molecule has 2 nitrogen and oxygen atoms in total. The Bertz CT molecular complexity index is 341. The van der Waals surface area contributed by atoms with Gasteiger partial charge in [-0.1, -0.05) is 19.8 Å². The van der Waals surface area contributed by atoms with Crippen molar-refractivity contribution in [1.82, 2.24) is 5.32 Å². The molecule has 1 aromatic rings. The lowest BCUT2D eigenvalue weighted by molar-refractivity contribution is 0.291. The van der Waals surface area contributed by atoms with Crippen molar-refractivity contribution in [2.45, 2.75) is 45.6 Å². The van der Waals surface area contributed by atoms with Gasteiger partial charge in [0.05, 0.1) is 16.8 Å². The van der Waals surface area contributed by atoms with Gasteiger partial charge in [0, 0.05) is 6.54 Å². The minimum atomic E-state index is 0.279. The van der Waals surface area contributed by atoms with E-state index in [1.54, 1.807) is 6.26 Å². The van der Waals surface area contributed by atoms with Crippen LogP contribution in [0, 0.1) is 5.41 Å². The Kier molecular flexibility index (Phi) is 3.75. The highest BCUT2D eigenvalue weighted by Gasteiger charge is 2.29. The molecule has 1 heterocycles. The van der Waals surface area contributed by atoms with Gasteiger partial charge in [-0.3, -0.25) is 0 Å². The molecule has 0 aromatic carbocycles. The zero-order valence-electron chi connectivity index (χ0n) is 10.1. The molecule has 1 fully saturated rings. The number of furan rings is 1. The summed E-state index contributed by atoms with van der Waals surface area (Å²) >= 11 is 3.50. The molecule has 0 aliphatic heterocycles. The SMILES string of the molecule is CC(NCC1(C)CCCC1)c1occc1Br. The molecule has 1 aliphatic rings. The Morgan fingerprint density at radius 1 is 1.50 bits per heavy atom. The number of nitrogens with one attached hydrogen (secondary N) is 1. The molecular weight excluding hydrogens is 266 g/mol. The fourth-order valence-corrected chi connectivity index (χ4v) is 3.06. The first-order valence-electron chi connectivity index (χ1n) is 6.07. The lowest BCUT2D eigenvalue weighted by atomic mass is 9.88. The molecule has 1 unspecified atom stereocenters. The minimum Gasteiger partial charge on any atom is -0.466 e. The largest absolute Gasteiger partial charge is 0.466 e. The van der Waals surface area contributed by atoms with Crippen LogP contribution in [0.25, 0.3) is 0 Å². The Morgan fingerprint density at radius 3 is 2.75 bits per heavy atom. The van der Waals surface area contributed by atoms with E-state index in [-0.39, 0.29) is 6.04 Å². The van der Waals surface area contributed by atoms with Crippen LogP contribution in [0.5, 0.6) is 0 Å². The standard InChI is InChI=1S/C13H20BrNO/c1-10(12-11(14)5-8-16-12)15-9-13(2)6-3-4-7-13/h5,8,10,15H,3-4,6-7,9H2,1-2H3. The van der Waals surface area contributed by atoms with Crippen LogP contribution in [0.15, 0.2) is 21.2 Å². The summed E-state index contributed by atoms with van der Waals surface area (Å²) in [5.74, 6) is 1.00. The molecule has 16 heavy (non-hydrogen) atoms. The highest BCUT2D eigenvalue weighted by molar-refractivity contribution is 9.10. The van der Waals surface area contributed by atoms with E-state index in [1.165, 1.54) is 25.7 Å². The van der Waals surface area contributed by atoms with Gasteiger partial charge in [-0.15, -0.1) is 0 Å². The van der Waals surface area contributed by atoms with Crippen molar-refractivity contribution in [3.8, 4) is 0 Å². The fourth-order valence-electron chi connectivity index (χ4n) is 2.51. The third kappa shape index (κ3) is 2.69. The zero-order valence-corrected chi connectivity index (χ0v) is 11.6. The lowest BCUT2D eigenvalue weighted by Gasteiger charge is -2.25. The van der Waals surface area contributed by atoms with Crippen molar-refractivity contribution in [2.75, 3.05) is 6.54 Å². The van der Waals surface area contributed by atoms with E-state index in [4.69, 9.17) is 4.42 Å². The lowest BCUT2D eigenvalue weighted by Crippen LogP contribution is -2.31. The second kappa shape index (κ2) is 4.92. The fraction of sp³-hybridized carbons (Fsp3) is 0.692. The Hall–Kier alpha value is -0.280. The first-order valence-corrected chi connectivity index (χ1v) is 6.86. The molecule has 90 valence electrons. The first kappa shape index (κ1) is 12.2. The maximum absolute atomic E-state index is 5.46. The van der Waals surface area contributed by atoms with E-state index in [2.05, 4.69) is 35.1 Å². The quantitative estimate of drug-likeness (QED) is 0.894. The van der Waals surface area contributed by atoms with Gasteiger partial charge in [0.25, 0.3) is 0 Å². The van der Waals surface area contributed by atoms with Gasteiger partial charge < -0.3 is 9.73 Å². The predicted octanol–water partition coefficient (Wildman–Crippen LogP) is 4.27. The van der Waals surface area contributed by atoms with Crippen LogP contribution >= 0.6 is 15.9 Å². The summed E-state index contributed by atoms with van der Waals surface area (Å²) < 4.78 is 6.52. The van der Waals surface area contributed by atoms with Crippen LogP contribution < -0.4 is 5.32 Å². The maximum atomic E-state index is 5.46. The zero-order chi connectivity index (χ0) is 11.6. The highest BCUT2D eigenvalue weighted by atomic mass is 79.9. The molecular formula is C13H20BrNO. The molecule has 1 atom stereocenters. The summed E-state index contributed by atoms with van der Waals surface area (Å²) in [5, 5.41) is 3.58. The van der Waals surface area contributed by atoms with Crippen molar-refractivity contribution in [3.63, 3.8) is 0 Å². The van der Waals surface area contributed by atoms with Crippen molar-refractivity contribution >= 4 is 15.9 Å². The van der Waals surface area contributed by atoms with E-state index >= 15 is 0 Å². The number of hydrogen-bond acceptors (Lipinski definition) is 2. The normalized spacial score (nSPS) is 21.2. The number of halogens is 1. The van der Waals surface area contributed by atoms with E-state index < -0.39 is 0 Å². The maximum Gasteiger partial charge on any atom is 0.134 e. The van der Waals surface area contributed by atoms with Crippen molar-refractivity contribution in [1.29, 1.82) is 0 Å². The third-order valence-corrected chi connectivity index (χ3v) is 4.34. The third-order valence-electron chi connectivity index (χ3n) is 3.68. The molecule has 0 radical (unpaired) electrons. The molecule has 1 saturated carbocycles. The summed E-state index contributed by atoms with van der Waals surface area (Å²) in [6.45, 7) is 5.63. The van der Waals surface area contributed by atoms with Crippen molar-refractivity contribution in [2.24, 2.45) is 5.41 Å². The Morgan fingerprint density at radius 2 is 2.19 bits per heavy atom. The van der Waals surface area contributed by atoms with Crippen LogP contribution in [0.4, 0.5) is 0 Å². The molecule has 1 aromatic heterocycles. The predicted molar refractivity (Wildman–Crippen MR) is 69.4 cm³/mol. The van der Waals surface area contributed by atoms with Gasteiger partial charge in [-0.25, -0.2) is 0 Å². The van der Waals surface area contributed by atoms with Crippen LogP contribution in [0.1, 0.15) is 51.3 Å². The van der Waals surface area contributed by atoms with Crippen molar-refractivity contribution < 1.29 is 4.42 Å². The topological polar surface area (TPSA) is 25.2 Å². The number of rotatable bonds is 4. The van der Waals surface area contributed by atoms with Gasteiger partial charge >= 0.3 is 0 Å². The molecule has 1 N–H and O–H groups in total. The molecule has 0 saturated heterocycles. The van der Waals surface area contributed by atoms with Gasteiger partial charge in [-0.2, -0.15) is 0 Å². The van der Waals surface area contributed by atoms with Crippen molar-refractivity contribution in [3.05, 3.63) is 22.6 Å². The Balaban J connectivity index is 1.88. The average molecular weight is 286 g/mol. The van der Waals surface area contributed by atoms with Gasteiger partial charge in [0.15, 0.2) is 0 Å². The van der Waals surface area contributed by atoms with E-state index in [9.17, 15) is 0 Å². The van der Waals surface area contributed by atoms with Crippen LogP contribution in [0.3, 0.4) is 0 Å². The van der Waals surface area contributed by atoms with Crippen LogP contribution in [-0.4, -0.2) is 6.54 Å². The molecule has 0 amide bonds. The smallest absolute Gasteiger partial charge is 0.134 e. The monoisotopic (exact) mass is 285 g/mol. The highest BCUT2D eigenvalue weighted by Crippen LogP contribution is 2.37. The first-order chi connectivity index (χ1) is 7.61. The molecule has 3 heteroatoms. The second-order valence-electron chi connectivity index (χ2n) is 5.25. The Labute approximate surface area is 106 Å². The minimum absolute atomic E-state index is 0.279. The average Bonchev–Trinajstić information content (AvgIpc) is 2.85. The van der Waals surface area contributed by atoms with Gasteiger partial charge in [-0.05, 0) is 47.2 Å². The summed E-state index contributed by atoms with van der Waals surface area (Å²) in [6, 6.07) is 2.23. The van der Waals surface area contributed by atoms with E-state index in [0.29, 0.717) is 5.41 Å². The van der Waals surface area contributed by atoms with E-state index in [1.807, 2.05) is 6.07 Å². The summed E-state index contributed by atoms with van der Waals surface area (Å²) in [4.78, 5) is 0. The molecule has 0 spiro atoms. The van der Waals surface area contributed by atoms with E-state index in [0.717, 1.165) is 16.8 Å². The van der Waals surface area contributed by atoms with Gasteiger partial charge in [0.1, 0.15) is 5.76 Å². The van der Waals surface area contributed by atoms with Crippen LogP contribution in [0.2, 0.25) is 0 Å². The summed E-state index contributed by atoms with van der Waals surface area (Å²) in [5.41, 5.74) is 0.493.